The number of aliphatic hydroxyl groups is 1. The lowest BCUT2D eigenvalue weighted by Crippen LogP contribution is -2.51. The summed E-state index contributed by atoms with van der Waals surface area (Å²) < 4.78 is 27.2. The monoisotopic (exact) mass is 520 g/mol. The quantitative estimate of drug-likeness (QED) is 0.189. The van der Waals surface area contributed by atoms with E-state index in [1.54, 1.807) is 6.07 Å². The summed E-state index contributed by atoms with van der Waals surface area (Å²) in [6, 6.07) is 13.5. The van der Waals surface area contributed by atoms with Crippen LogP contribution in [0.25, 0.3) is 10.4 Å². The van der Waals surface area contributed by atoms with Crippen molar-refractivity contribution in [2.45, 2.75) is 43.8 Å². The third-order valence-corrected chi connectivity index (χ3v) is 7.34. The number of alkyl halides is 1. The Balaban J connectivity index is 1.76. The van der Waals surface area contributed by atoms with E-state index in [2.05, 4.69) is 10.6 Å². The van der Waals surface area contributed by atoms with Crippen LogP contribution < -0.4 is 10.6 Å². The Labute approximate surface area is 212 Å². The number of carbonyl (C=O) groups is 2. The first kappa shape index (κ1) is 26.9. The van der Waals surface area contributed by atoms with E-state index in [9.17, 15) is 23.5 Å². The molecule has 2 aromatic carbocycles. The van der Waals surface area contributed by atoms with Gasteiger partial charge < -0.3 is 10.4 Å². The Morgan fingerprint density at radius 3 is 2.49 bits per heavy atom. The second-order valence-corrected chi connectivity index (χ2v) is 10.1. The van der Waals surface area contributed by atoms with Crippen molar-refractivity contribution >= 4 is 35.1 Å². The van der Waals surface area contributed by atoms with Gasteiger partial charge in [0.05, 0.1) is 17.0 Å². The van der Waals surface area contributed by atoms with E-state index in [0.29, 0.717) is 16.9 Å². The molecule has 35 heavy (non-hydrogen) atoms. The summed E-state index contributed by atoms with van der Waals surface area (Å²) >= 11 is 8.31. The smallest absolute Gasteiger partial charge is 0.217 e. The van der Waals surface area contributed by atoms with Gasteiger partial charge in [-0.3, -0.25) is 14.9 Å². The number of amides is 1. The summed E-state index contributed by atoms with van der Waals surface area (Å²) in [7, 11) is 0. The van der Waals surface area contributed by atoms with Gasteiger partial charge in [0.25, 0.3) is 0 Å². The molecule has 0 saturated carbocycles. The van der Waals surface area contributed by atoms with Crippen molar-refractivity contribution in [3.05, 3.63) is 82.2 Å². The van der Waals surface area contributed by atoms with E-state index in [1.807, 2.05) is 37.3 Å². The molecule has 1 unspecified atom stereocenters. The molecular weight excluding hydrogens is 494 g/mol. The van der Waals surface area contributed by atoms with Gasteiger partial charge in [-0.15, -0.1) is 11.3 Å². The molecule has 3 N–H and O–H groups in total. The molecule has 1 aromatic heterocycles. The number of hydrogen-bond acceptors (Lipinski definition) is 5. The number of halogens is 3. The average molecular weight is 521 g/mol. The highest BCUT2D eigenvalue weighted by molar-refractivity contribution is 7.17. The Morgan fingerprint density at radius 2 is 1.89 bits per heavy atom. The fourth-order valence-corrected chi connectivity index (χ4v) is 4.87. The first-order valence-corrected chi connectivity index (χ1v) is 12.3. The first-order chi connectivity index (χ1) is 16.6. The van der Waals surface area contributed by atoms with Crippen LogP contribution in [0, 0.1) is 11.6 Å². The van der Waals surface area contributed by atoms with E-state index in [-0.39, 0.29) is 18.9 Å². The second kappa shape index (κ2) is 11.9. The summed E-state index contributed by atoms with van der Waals surface area (Å²) in [6.45, 7) is 3.22. The van der Waals surface area contributed by atoms with Gasteiger partial charge in [0, 0.05) is 24.4 Å². The molecule has 1 amide bonds. The van der Waals surface area contributed by atoms with Crippen molar-refractivity contribution in [1.82, 2.24) is 10.6 Å². The Bertz CT molecular complexity index is 1170. The van der Waals surface area contributed by atoms with Gasteiger partial charge >= 0.3 is 0 Å². The Morgan fingerprint density at radius 1 is 1.17 bits per heavy atom. The third-order valence-electron chi connectivity index (χ3n) is 5.66. The molecular formula is C26H27ClF2N2O3S. The van der Waals surface area contributed by atoms with E-state index in [0.717, 1.165) is 28.4 Å². The number of aliphatic hydroxyl groups excluding tert-OH is 1. The molecule has 0 radical (unpaired) electrons. The lowest BCUT2D eigenvalue weighted by Gasteiger charge is -2.31. The number of aldehydes is 1. The van der Waals surface area contributed by atoms with Gasteiger partial charge in [-0.1, -0.05) is 36.7 Å². The van der Waals surface area contributed by atoms with Crippen LogP contribution in [-0.4, -0.2) is 36.0 Å². The standard InChI is InChI=1S/C26H27ClF2N2O3S/c1-3-26(27,19-6-4-5-18(12-19)25-8-7-22(15-32)35-25)30-14-24(34)23(31-16(2)33)11-17-9-20(28)13-21(29)10-17/h4-10,12-13,15,23-24,30,34H,3,11,14H2,1-2H3,(H,31,33)/t23-,24+,26?/m0/s1. The highest BCUT2D eigenvalue weighted by Gasteiger charge is 2.30. The van der Waals surface area contributed by atoms with Crippen LogP contribution in [0.2, 0.25) is 0 Å². The zero-order valence-electron chi connectivity index (χ0n) is 19.4. The fraction of sp³-hybridized carbons (Fsp3) is 0.308. The van der Waals surface area contributed by atoms with Crippen LogP contribution in [0.15, 0.2) is 54.6 Å². The van der Waals surface area contributed by atoms with Gasteiger partial charge in [-0.05, 0) is 59.9 Å². The van der Waals surface area contributed by atoms with Gasteiger partial charge in [-0.25, -0.2) is 8.78 Å². The van der Waals surface area contributed by atoms with Crippen LogP contribution in [0.4, 0.5) is 8.78 Å². The highest BCUT2D eigenvalue weighted by atomic mass is 35.5. The molecule has 0 saturated heterocycles. The van der Waals surface area contributed by atoms with Crippen molar-refractivity contribution in [3.8, 4) is 10.4 Å². The molecule has 9 heteroatoms. The molecule has 5 nitrogen and oxygen atoms in total. The zero-order chi connectivity index (χ0) is 25.6. The van der Waals surface area contributed by atoms with Crippen molar-refractivity contribution in [1.29, 1.82) is 0 Å². The highest BCUT2D eigenvalue weighted by Crippen LogP contribution is 2.34. The average Bonchev–Trinajstić information content (AvgIpc) is 3.30. The number of hydrogen-bond donors (Lipinski definition) is 3. The summed E-state index contributed by atoms with van der Waals surface area (Å²) in [5.41, 5.74) is 1.99. The van der Waals surface area contributed by atoms with Crippen LogP contribution >= 0.6 is 22.9 Å². The number of thiophene rings is 1. The predicted octanol–water partition coefficient (Wildman–Crippen LogP) is 5.01. The molecule has 186 valence electrons. The third kappa shape index (κ3) is 7.18. The molecule has 3 atom stereocenters. The molecule has 1 heterocycles. The summed E-state index contributed by atoms with van der Waals surface area (Å²) in [5, 5.41) is 16.7. The predicted molar refractivity (Wildman–Crippen MR) is 135 cm³/mol. The van der Waals surface area contributed by atoms with E-state index in [1.165, 1.54) is 30.4 Å². The maximum atomic E-state index is 13.6. The normalized spacial score (nSPS) is 14.7. The van der Waals surface area contributed by atoms with Crippen LogP contribution in [0.5, 0.6) is 0 Å². The van der Waals surface area contributed by atoms with Crippen molar-refractivity contribution < 1.29 is 23.5 Å². The zero-order valence-corrected chi connectivity index (χ0v) is 20.9. The minimum absolute atomic E-state index is 0.0125. The fourth-order valence-electron chi connectivity index (χ4n) is 3.86. The summed E-state index contributed by atoms with van der Waals surface area (Å²) in [6.07, 6.45) is 0.230. The summed E-state index contributed by atoms with van der Waals surface area (Å²) in [5.74, 6) is -1.84. The minimum Gasteiger partial charge on any atom is -0.390 e. The van der Waals surface area contributed by atoms with E-state index < -0.39 is 28.8 Å². The SMILES string of the molecule is CCC(Cl)(NC[C@@H](O)[C@H](Cc1cc(F)cc(F)c1)NC(C)=O)c1cccc(-c2ccc(C=O)s2)c1. The first-order valence-electron chi connectivity index (χ1n) is 11.1. The van der Waals surface area contributed by atoms with E-state index in [4.69, 9.17) is 11.6 Å². The number of carbonyl (C=O) groups excluding carboxylic acids is 2. The van der Waals surface area contributed by atoms with Gasteiger partial charge in [0.1, 0.15) is 16.6 Å². The molecule has 0 spiro atoms. The number of benzene rings is 2. The molecule has 0 fully saturated rings. The summed E-state index contributed by atoms with van der Waals surface area (Å²) in [4.78, 5) is 23.3. The largest absolute Gasteiger partial charge is 0.390 e. The lowest BCUT2D eigenvalue weighted by molar-refractivity contribution is -0.120. The molecule has 3 aromatic rings. The molecule has 0 aliphatic carbocycles. The lowest BCUT2D eigenvalue weighted by atomic mass is 9.98. The number of rotatable bonds is 11. The molecule has 0 bridgehead atoms. The van der Waals surface area contributed by atoms with Crippen LogP contribution in [-0.2, 0) is 16.2 Å². The maximum absolute atomic E-state index is 13.6. The van der Waals surface area contributed by atoms with E-state index >= 15 is 0 Å². The maximum Gasteiger partial charge on any atom is 0.217 e. The van der Waals surface area contributed by atoms with Crippen molar-refractivity contribution in [2.75, 3.05) is 6.54 Å². The molecule has 3 rings (SSSR count). The van der Waals surface area contributed by atoms with Crippen molar-refractivity contribution in [2.24, 2.45) is 0 Å². The molecule has 0 aliphatic heterocycles. The second-order valence-electron chi connectivity index (χ2n) is 8.29. The number of nitrogens with one attached hydrogen (secondary N) is 2. The Hall–Kier alpha value is -2.65. The topological polar surface area (TPSA) is 78.4 Å². The molecule has 0 aliphatic rings. The van der Waals surface area contributed by atoms with Crippen LogP contribution in [0.3, 0.4) is 0 Å². The van der Waals surface area contributed by atoms with Gasteiger partial charge in [0.15, 0.2) is 6.29 Å². The Kier molecular flexibility index (Phi) is 9.13. The van der Waals surface area contributed by atoms with Gasteiger partial charge in [-0.2, -0.15) is 0 Å². The van der Waals surface area contributed by atoms with Crippen molar-refractivity contribution in [3.63, 3.8) is 0 Å². The van der Waals surface area contributed by atoms with Crippen LogP contribution in [0.1, 0.15) is 41.1 Å². The van der Waals surface area contributed by atoms with Gasteiger partial charge in [0.2, 0.25) is 5.91 Å². The minimum atomic E-state index is -1.09.